The third kappa shape index (κ3) is 4.49. The molecule has 1 fully saturated rings. The van der Waals surface area contributed by atoms with Crippen molar-refractivity contribution in [3.05, 3.63) is 35.6 Å². The van der Waals surface area contributed by atoms with Crippen LogP contribution in [0.5, 0.6) is 0 Å². The number of rotatable bonds is 5. The minimum absolute atomic E-state index is 0.0740. The lowest BCUT2D eigenvalue weighted by Gasteiger charge is -2.37. The van der Waals surface area contributed by atoms with Gasteiger partial charge in [0.05, 0.1) is 18.2 Å². The van der Waals surface area contributed by atoms with Crippen LogP contribution in [0.1, 0.15) is 62.7 Å². The number of hydrogen-bond acceptors (Lipinski definition) is 8. The second-order valence-corrected chi connectivity index (χ2v) is 8.03. The molecule has 1 atom stereocenters. The number of pyridine rings is 1. The van der Waals surface area contributed by atoms with E-state index >= 15 is 0 Å². The second kappa shape index (κ2) is 8.26. The summed E-state index contributed by atoms with van der Waals surface area (Å²) in [5, 5.41) is 4.13. The summed E-state index contributed by atoms with van der Waals surface area (Å²) in [5.74, 6) is 1.93. The van der Waals surface area contributed by atoms with Gasteiger partial charge in [-0.2, -0.15) is 4.98 Å². The van der Waals surface area contributed by atoms with E-state index in [1.165, 1.54) is 0 Å². The van der Waals surface area contributed by atoms with Gasteiger partial charge in [-0.1, -0.05) is 25.9 Å². The van der Waals surface area contributed by atoms with Crippen molar-refractivity contribution < 1.29 is 14.1 Å². The van der Waals surface area contributed by atoms with Crippen LogP contribution >= 0.6 is 0 Å². The summed E-state index contributed by atoms with van der Waals surface area (Å²) in [6.45, 7) is 13.9. The van der Waals surface area contributed by atoms with Gasteiger partial charge in [-0.3, -0.25) is 4.90 Å². The molecule has 0 amide bonds. The first-order valence-corrected chi connectivity index (χ1v) is 9.76. The Hall–Kier alpha value is -2.48. The van der Waals surface area contributed by atoms with E-state index in [0.29, 0.717) is 18.1 Å². The van der Waals surface area contributed by atoms with Crippen molar-refractivity contribution in [3.63, 3.8) is 0 Å². The summed E-state index contributed by atoms with van der Waals surface area (Å²) in [5.41, 5.74) is 0.352. The van der Waals surface area contributed by atoms with Crippen molar-refractivity contribution >= 4 is 11.8 Å². The number of ether oxygens (including phenoxy) is 1. The van der Waals surface area contributed by atoms with Crippen molar-refractivity contribution in [3.8, 4) is 0 Å². The fourth-order valence-electron chi connectivity index (χ4n) is 3.11. The molecular weight excluding hydrogens is 358 g/mol. The topological polar surface area (TPSA) is 84.6 Å². The Morgan fingerprint density at radius 2 is 1.96 bits per heavy atom. The molecule has 0 aromatic carbocycles. The van der Waals surface area contributed by atoms with Crippen LogP contribution in [0.3, 0.4) is 0 Å². The smallest absolute Gasteiger partial charge is 0.339 e. The van der Waals surface area contributed by atoms with Crippen LogP contribution in [0.25, 0.3) is 0 Å². The molecule has 0 bridgehead atoms. The molecule has 2 aromatic heterocycles. The first kappa shape index (κ1) is 20.3. The zero-order valence-corrected chi connectivity index (χ0v) is 17.3. The molecule has 28 heavy (non-hydrogen) atoms. The molecule has 3 rings (SSSR count). The number of piperazine rings is 1. The summed E-state index contributed by atoms with van der Waals surface area (Å²) >= 11 is 0. The van der Waals surface area contributed by atoms with Crippen LogP contribution in [0.15, 0.2) is 22.9 Å². The van der Waals surface area contributed by atoms with Crippen LogP contribution in [0, 0.1) is 0 Å². The summed E-state index contributed by atoms with van der Waals surface area (Å²) < 4.78 is 10.5. The minimum Gasteiger partial charge on any atom is -0.462 e. The van der Waals surface area contributed by atoms with Crippen molar-refractivity contribution in [1.82, 2.24) is 20.0 Å². The van der Waals surface area contributed by atoms with E-state index in [0.717, 1.165) is 37.8 Å². The van der Waals surface area contributed by atoms with E-state index in [-0.39, 0.29) is 17.4 Å². The van der Waals surface area contributed by atoms with E-state index in [4.69, 9.17) is 9.26 Å². The number of carbonyl (C=O) groups excluding carboxylic acids is 1. The van der Waals surface area contributed by atoms with E-state index in [9.17, 15) is 4.79 Å². The maximum atomic E-state index is 11.7. The van der Waals surface area contributed by atoms with E-state index in [1.807, 2.05) is 6.07 Å². The highest BCUT2D eigenvalue weighted by Gasteiger charge is 2.28. The lowest BCUT2D eigenvalue weighted by Crippen LogP contribution is -2.47. The molecule has 0 radical (unpaired) electrons. The van der Waals surface area contributed by atoms with Crippen molar-refractivity contribution in [2.75, 3.05) is 37.7 Å². The first-order chi connectivity index (χ1) is 13.3. The Kier molecular flexibility index (Phi) is 5.98. The van der Waals surface area contributed by atoms with Gasteiger partial charge in [0, 0.05) is 37.8 Å². The van der Waals surface area contributed by atoms with Crippen LogP contribution in [-0.2, 0) is 10.2 Å². The van der Waals surface area contributed by atoms with E-state index in [2.05, 4.69) is 52.6 Å². The van der Waals surface area contributed by atoms with Gasteiger partial charge in [0.15, 0.2) is 5.82 Å². The monoisotopic (exact) mass is 387 g/mol. The molecule has 0 N–H and O–H groups in total. The molecule has 1 unspecified atom stereocenters. The average molecular weight is 387 g/mol. The second-order valence-electron chi connectivity index (χ2n) is 8.03. The normalized spacial score (nSPS) is 16.8. The quantitative estimate of drug-likeness (QED) is 0.724. The molecule has 1 aliphatic rings. The fourth-order valence-corrected chi connectivity index (χ4v) is 3.11. The average Bonchev–Trinajstić information content (AvgIpc) is 3.19. The third-order valence-corrected chi connectivity index (χ3v) is 4.91. The molecule has 8 nitrogen and oxygen atoms in total. The maximum Gasteiger partial charge on any atom is 0.339 e. The zero-order chi connectivity index (χ0) is 20.3. The molecule has 8 heteroatoms. The van der Waals surface area contributed by atoms with Gasteiger partial charge in [0.2, 0.25) is 5.89 Å². The molecule has 0 aliphatic carbocycles. The number of hydrogen-bond donors (Lipinski definition) is 0. The Morgan fingerprint density at radius 1 is 1.25 bits per heavy atom. The molecule has 152 valence electrons. The summed E-state index contributed by atoms with van der Waals surface area (Å²) in [6, 6.07) is 3.71. The molecule has 1 aliphatic heterocycles. The highest BCUT2D eigenvalue weighted by molar-refractivity contribution is 5.89. The minimum atomic E-state index is -0.339. The van der Waals surface area contributed by atoms with Gasteiger partial charge in [0.1, 0.15) is 5.82 Å². The summed E-state index contributed by atoms with van der Waals surface area (Å²) in [6.07, 6.45) is 1.58. The zero-order valence-electron chi connectivity index (χ0n) is 17.3. The van der Waals surface area contributed by atoms with Crippen LogP contribution in [0.4, 0.5) is 5.82 Å². The molecular formula is C20H29N5O3. The molecule has 2 aromatic rings. The highest BCUT2D eigenvalue weighted by Crippen LogP contribution is 2.25. The summed E-state index contributed by atoms with van der Waals surface area (Å²) in [7, 11) is 0. The van der Waals surface area contributed by atoms with E-state index in [1.54, 1.807) is 19.2 Å². The van der Waals surface area contributed by atoms with Crippen molar-refractivity contribution in [2.45, 2.75) is 46.1 Å². The third-order valence-electron chi connectivity index (χ3n) is 4.91. The van der Waals surface area contributed by atoms with Crippen molar-refractivity contribution in [1.29, 1.82) is 0 Å². The number of nitrogens with zero attached hydrogens (tertiary/aromatic N) is 5. The predicted molar refractivity (Wildman–Crippen MR) is 105 cm³/mol. The number of aromatic nitrogens is 3. The Morgan fingerprint density at radius 3 is 2.50 bits per heavy atom. The Labute approximate surface area is 165 Å². The Bertz CT molecular complexity index is 789. The number of carbonyl (C=O) groups is 1. The van der Waals surface area contributed by atoms with Crippen molar-refractivity contribution in [2.24, 2.45) is 0 Å². The van der Waals surface area contributed by atoms with Gasteiger partial charge in [-0.05, 0) is 26.0 Å². The van der Waals surface area contributed by atoms with Gasteiger partial charge in [-0.15, -0.1) is 0 Å². The van der Waals surface area contributed by atoms with E-state index < -0.39 is 0 Å². The largest absolute Gasteiger partial charge is 0.462 e. The Balaban J connectivity index is 1.58. The van der Waals surface area contributed by atoms with Gasteiger partial charge >= 0.3 is 5.97 Å². The SMILES string of the molecule is CCOC(=O)c1ccc(N2CCN(C(C)c3nc(C(C)(C)C)no3)CC2)nc1. The molecule has 0 saturated carbocycles. The van der Waals surface area contributed by atoms with Crippen LogP contribution in [-0.4, -0.2) is 58.8 Å². The van der Waals surface area contributed by atoms with Gasteiger partial charge < -0.3 is 14.2 Å². The number of anilines is 1. The fraction of sp³-hybridized carbons (Fsp3) is 0.600. The number of esters is 1. The summed E-state index contributed by atoms with van der Waals surface area (Å²) in [4.78, 5) is 25.3. The first-order valence-electron chi connectivity index (χ1n) is 9.76. The van der Waals surface area contributed by atoms with Gasteiger partial charge in [0.25, 0.3) is 0 Å². The maximum absolute atomic E-state index is 11.7. The lowest BCUT2D eigenvalue weighted by atomic mass is 9.96. The predicted octanol–water partition coefficient (Wildman–Crippen LogP) is 2.82. The molecule has 1 saturated heterocycles. The molecule has 3 heterocycles. The highest BCUT2D eigenvalue weighted by atomic mass is 16.5. The molecule has 0 spiro atoms. The standard InChI is InChI=1S/C20H29N5O3/c1-6-27-18(26)15-7-8-16(21-13-15)25-11-9-24(10-12-25)14(2)17-22-19(23-28-17)20(3,4)5/h7-8,13-14H,6,9-12H2,1-5H3. The lowest BCUT2D eigenvalue weighted by molar-refractivity contribution is 0.0526. The van der Waals surface area contributed by atoms with Crippen LogP contribution in [0.2, 0.25) is 0 Å². The van der Waals surface area contributed by atoms with Gasteiger partial charge in [-0.25, -0.2) is 9.78 Å². The van der Waals surface area contributed by atoms with Crippen LogP contribution < -0.4 is 4.90 Å².